The monoisotopic (exact) mass is 475 g/mol. The van der Waals surface area contributed by atoms with Crippen molar-refractivity contribution >= 4 is 40.5 Å². The lowest BCUT2D eigenvalue weighted by Gasteiger charge is -2.18. The van der Waals surface area contributed by atoms with Gasteiger partial charge in [-0.25, -0.2) is 15.0 Å². The number of nitrogens with one attached hydrogen (secondary N) is 3. The fraction of sp³-hybridized carbons (Fsp3) is 0.0435. The van der Waals surface area contributed by atoms with Gasteiger partial charge in [0.05, 0.1) is 16.5 Å². The van der Waals surface area contributed by atoms with Crippen LogP contribution in [0.25, 0.3) is 0 Å². The van der Waals surface area contributed by atoms with E-state index in [1.165, 1.54) is 6.20 Å². The van der Waals surface area contributed by atoms with Crippen LogP contribution in [0.5, 0.6) is 0 Å². The maximum absolute atomic E-state index is 13.2. The number of carbonyl (C=O) groups excluding carboxylic acids is 1. The van der Waals surface area contributed by atoms with E-state index in [-0.39, 0.29) is 16.8 Å². The first-order valence-electron chi connectivity index (χ1n) is 10.1. The molecule has 0 fully saturated rings. The van der Waals surface area contributed by atoms with E-state index in [4.69, 9.17) is 11.6 Å². The molecule has 4 aromatic rings. The summed E-state index contributed by atoms with van der Waals surface area (Å²) >= 11 is 6.04. The van der Waals surface area contributed by atoms with E-state index in [2.05, 4.69) is 31.1 Å². The standard InChI is InChI=1S/C23H18ClN7O3/c24-20-17(12-7-13-25-20)28-21-19(31(33)34)22(27-14-26-21)29-30-23(32)18(15-8-3-1-4-9-15)16-10-5-2-6-11-16/h1-14,18H,(H,30,32)(H2,26,27,28,29). The topological polar surface area (TPSA) is 135 Å². The summed E-state index contributed by atoms with van der Waals surface area (Å²) in [6.07, 6.45) is 2.61. The number of anilines is 3. The fourth-order valence-corrected chi connectivity index (χ4v) is 3.49. The minimum atomic E-state index is -0.660. The Morgan fingerprint density at radius 3 is 2.09 bits per heavy atom. The van der Waals surface area contributed by atoms with Gasteiger partial charge in [0.2, 0.25) is 17.5 Å². The number of hydrogen-bond acceptors (Lipinski definition) is 8. The van der Waals surface area contributed by atoms with Crippen molar-refractivity contribution in [3.63, 3.8) is 0 Å². The number of hydrogen-bond donors (Lipinski definition) is 3. The van der Waals surface area contributed by atoms with Crippen LogP contribution in [0.3, 0.4) is 0 Å². The van der Waals surface area contributed by atoms with Crippen LogP contribution in [0.15, 0.2) is 85.3 Å². The number of rotatable bonds is 8. The van der Waals surface area contributed by atoms with Crippen molar-refractivity contribution in [1.82, 2.24) is 20.4 Å². The summed E-state index contributed by atoms with van der Waals surface area (Å²) in [5, 5.41) is 14.7. The van der Waals surface area contributed by atoms with Gasteiger partial charge in [0, 0.05) is 6.20 Å². The number of amides is 1. The predicted octanol–water partition coefficient (Wildman–Crippen LogP) is 4.45. The highest BCUT2D eigenvalue weighted by Crippen LogP contribution is 2.32. The second-order valence-electron chi connectivity index (χ2n) is 7.01. The molecule has 3 N–H and O–H groups in total. The zero-order valence-corrected chi connectivity index (χ0v) is 18.3. The SMILES string of the molecule is O=C(NNc1ncnc(Nc2cccnc2Cl)c1[N+](=O)[O-])C(c1ccccc1)c1ccccc1. The molecule has 4 rings (SSSR count). The van der Waals surface area contributed by atoms with Gasteiger partial charge in [-0.3, -0.25) is 25.8 Å². The quantitative estimate of drug-likeness (QED) is 0.193. The molecule has 2 aromatic carbocycles. The molecule has 0 saturated carbocycles. The van der Waals surface area contributed by atoms with Gasteiger partial charge in [-0.2, -0.15) is 0 Å². The van der Waals surface area contributed by atoms with Gasteiger partial charge in [-0.15, -0.1) is 0 Å². The van der Waals surface area contributed by atoms with Crippen molar-refractivity contribution in [2.24, 2.45) is 0 Å². The maximum atomic E-state index is 13.2. The first-order valence-corrected chi connectivity index (χ1v) is 10.4. The van der Waals surface area contributed by atoms with Crippen molar-refractivity contribution < 1.29 is 9.72 Å². The van der Waals surface area contributed by atoms with Crippen LogP contribution in [0.2, 0.25) is 5.15 Å². The molecule has 0 spiro atoms. The minimum Gasteiger partial charge on any atom is -0.332 e. The van der Waals surface area contributed by atoms with Crippen LogP contribution in [0.1, 0.15) is 17.0 Å². The lowest BCUT2D eigenvalue weighted by Crippen LogP contribution is -2.35. The molecular formula is C23H18ClN7O3. The summed E-state index contributed by atoms with van der Waals surface area (Å²) in [4.78, 5) is 36.2. The Bertz CT molecular complexity index is 1270. The number of nitrogens with zero attached hydrogens (tertiary/aromatic N) is 4. The molecule has 0 unspecified atom stereocenters. The molecule has 0 radical (unpaired) electrons. The Balaban J connectivity index is 1.60. The highest BCUT2D eigenvalue weighted by molar-refractivity contribution is 6.32. The molecule has 2 aromatic heterocycles. The largest absolute Gasteiger partial charge is 0.355 e. The van der Waals surface area contributed by atoms with E-state index in [1.807, 2.05) is 60.7 Å². The summed E-state index contributed by atoms with van der Waals surface area (Å²) in [6, 6.07) is 21.6. The predicted molar refractivity (Wildman–Crippen MR) is 128 cm³/mol. The number of benzene rings is 2. The van der Waals surface area contributed by atoms with Crippen LogP contribution in [0, 0.1) is 10.1 Å². The average molecular weight is 476 g/mol. The number of halogens is 1. The van der Waals surface area contributed by atoms with Crippen LogP contribution in [-0.2, 0) is 4.79 Å². The molecule has 0 bridgehead atoms. The van der Waals surface area contributed by atoms with E-state index in [0.717, 1.165) is 17.5 Å². The third kappa shape index (κ3) is 5.08. The number of aromatic nitrogens is 3. The lowest BCUT2D eigenvalue weighted by atomic mass is 9.91. The van der Waals surface area contributed by atoms with E-state index in [1.54, 1.807) is 12.1 Å². The van der Waals surface area contributed by atoms with Gasteiger partial charge in [0.15, 0.2) is 5.15 Å². The van der Waals surface area contributed by atoms with E-state index < -0.39 is 22.4 Å². The molecule has 0 aliphatic heterocycles. The van der Waals surface area contributed by atoms with Gasteiger partial charge in [0.1, 0.15) is 6.33 Å². The molecular weight excluding hydrogens is 458 g/mol. The van der Waals surface area contributed by atoms with Crippen molar-refractivity contribution in [3.05, 3.63) is 112 Å². The van der Waals surface area contributed by atoms with Gasteiger partial charge in [0.25, 0.3) is 0 Å². The van der Waals surface area contributed by atoms with Gasteiger partial charge < -0.3 is 5.32 Å². The zero-order valence-electron chi connectivity index (χ0n) is 17.6. The van der Waals surface area contributed by atoms with Crippen molar-refractivity contribution in [1.29, 1.82) is 0 Å². The molecule has 11 heteroatoms. The van der Waals surface area contributed by atoms with E-state index in [9.17, 15) is 14.9 Å². The molecule has 10 nitrogen and oxygen atoms in total. The van der Waals surface area contributed by atoms with Crippen LogP contribution < -0.4 is 16.2 Å². The van der Waals surface area contributed by atoms with Crippen molar-refractivity contribution in [2.75, 3.05) is 10.7 Å². The molecule has 0 aliphatic rings. The van der Waals surface area contributed by atoms with E-state index >= 15 is 0 Å². The summed E-state index contributed by atoms with van der Waals surface area (Å²) in [5.74, 6) is -1.39. The normalized spacial score (nSPS) is 10.5. The third-order valence-corrected chi connectivity index (χ3v) is 5.15. The Labute approximate surface area is 199 Å². The number of hydrazine groups is 1. The molecule has 0 atom stereocenters. The molecule has 1 amide bonds. The Morgan fingerprint density at radius 1 is 0.882 bits per heavy atom. The Morgan fingerprint density at radius 2 is 1.50 bits per heavy atom. The summed E-state index contributed by atoms with van der Waals surface area (Å²) in [7, 11) is 0. The van der Waals surface area contributed by atoms with Gasteiger partial charge in [-0.1, -0.05) is 72.3 Å². The van der Waals surface area contributed by atoms with Crippen LogP contribution in [-0.4, -0.2) is 25.8 Å². The Hall–Kier alpha value is -4.57. The number of pyridine rings is 1. The zero-order chi connectivity index (χ0) is 23.9. The van der Waals surface area contributed by atoms with Gasteiger partial charge in [-0.05, 0) is 23.3 Å². The molecule has 0 aliphatic carbocycles. The number of nitro groups is 1. The average Bonchev–Trinajstić information content (AvgIpc) is 2.85. The van der Waals surface area contributed by atoms with Crippen molar-refractivity contribution in [3.8, 4) is 0 Å². The highest BCUT2D eigenvalue weighted by atomic mass is 35.5. The third-order valence-electron chi connectivity index (χ3n) is 4.85. The van der Waals surface area contributed by atoms with Crippen LogP contribution >= 0.6 is 11.6 Å². The van der Waals surface area contributed by atoms with E-state index in [0.29, 0.717) is 5.69 Å². The Kier molecular flexibility index (Phi) is 6.89. The lowest BCUT2D eigenvalue weighted by molar-refractivity contribution is -0.383. The fourth-order valence-electron chi connectivity index (χ4n) is 3.32. The van der Waals surface area contributed by atoms with Crippen LogP contribution in [0.4, 0.5) is 23.0 Å². The second-order valence-corrected chi connectivity index (χ2v) is 7.37. The second kappa shape index (κ2) is 10.4. The molecule has 0 saturated heterocycles. The highest BCUT2D eigenvalue weighted by Gasteiger charge is 2.26. The first-order chi connectivity index (χ1) is 16.5. The minimum absolute atomic E-state index is 0.116. The summed E-state index contributed by atoms with van der Waals surface area (Å²) in [6.45, 7) is 0. The smallest absolute Gasteiger partial charge is 0.332 e. The molecule has 170 valence electrons. The maximum Gasteiger partial charge on any atom is 0.355 e. The summed E-state index contributed by atoms with van der Waals surface area (Å²) < 4.78 is 0. The number of carbonyl (C=O) groups is 1. The first kappa shape index (κ1) is 22.6. The molecule has 34 heavy (non-hydrogen) atoms. The van der Waals surface area contributed by atoms with Gasteiger partial charge >= 0.3 is 5.69 Å². The molecule has 2 heterocycles. The summed E-state index contributed by atoms with van der Waals surface area (Å²) in [5.41, 5.74) is 6.50. The van der Waals surface area contributed by atoms with Crippen molar-refractivity contribution in [2.45, 2.75) is 5.92 Å².